The highest BCUT2D eigenvalue weighted by atomic mass is 31.2. The fourth-order valence-corrected chi connectivity index (χ4v) is 6.06. The summed E-state index contributed by atoms with van der Waals surface area (Å²) in [7, 11) is -1.52. The second kappa shape index (κ2) is 8.50. The molecule has 23 heavy (non-hydrogen) atoms. The predicted molar refractivity (Wildman–Crippen MR) is 88.6 cm³/mol. The van der Waals surface area contributed by atoms with Gasteiger partial charge in [-0.15, -0.1) is 0 Å². The summed E-state index contributed by atoms with van der Waals surface area (Å²) in [5.41, 5.74) is 0. The number of piperidine rings is 1. The van der Waals surface area contributed by atoms with E-state index in [0.717, 1.165) is 38.8 Å². The Hall–Kier alpha value is -0.580. The number of rotatable bonds is 6. The molecule has 2 rings (SSSR count). The fourth-order valence-electron chi connectivity index (χ4n) is 4.03. The molecular weight excluding hydrogens is 317 g/mol. The first kappa shape index (κ1) is 18.8. The highest BCUT2D eigenvalue weighted by Gasteiger charge is 2.39. The molecular formula is C16H30NO5P. The zero-order chi connectivity index (χ0) is 16.9. The minimum Gasteiger partial charge on any atom is -0.453 e. The number of methoxy groups -OCH3 is 1. The first-order valence-corrected chi connectivity index (χ1v) is 10.4. The summed E-state index contributed by atoms with van der Waals surface area (Å²) < 4.78 is 28.4. The van der Waals surface area contributed by atoms with E-state index >= 15 is 0 Å². The van der Waals surface area contributed by atoms with Crippen LogP contribution in [0.5, 0.6) is 0 Å². The maximum absolute atomic E-state index is 12.7. The molecule has 0 aromatic rings. The summed E-state index contributed by atoms with van der Waals surface area (Å²) in [6.07, 6.45) is 4.47. The third-order valence-electron chi connectivity index (χ3n) is 5.04. The zero-order valence-corrected chi connectivity index (χ0v) is 15.4. The molecule has 3 atom stereocenters. The molecule has 1 saturated carbocycles. The lowest BCUT2D eigenvalue weighted by Gasteiger charge is -2.43. The number of amides is 1. The van der Waals surface area contributed by atoms with Crippen molar-refractivity contribution >= 4 is 13.7 Å². The van der Waals surface area contributed by atoms with Crippen molar-refractivity contribution in [1.82, 2.24) is 4.90 Å². The van der Waals surface area contributed by atoms with Crippen LogP contribution in [0.4, 0.5) is 4.79 Å². The number of hydrogen-bond donors (Lipinski definition) is 0. The summed E-state index contributed by atoms with van der Waals surface area (Å²) in [5, 5.41) is 0. The maximum Gasteiger partial charge on any atom is 0.409 e. The van der Waals surface area contributed by atoms with Gasteiger partial charge in [0.25, 0.3) is 0 Å². The monoisotopic (exact) mass is 347 g/mol. The van der Waals surface area contributed by atoms with Crippen LogP contribution in [0.15, 0.2) is 0 Å². The van der Waals surface area contributed by atoms with E-state index in [4.69, 9.17) is 13.8 Å². The van der Waals surface area contributed by atoms with E-state index < -0.39 is 7.60 Å². The van der Waals surface area contributed by atoms with Gasteiger partial charge in [0, 0.05) is 13.1 Å². The van der Waals surface area contributed by atoms with Crippen molar-refractivity contribution in [2.24, 2.45) is 17.8 Å². The van der Waals surface area contributed by atoms with E-state index in [-0.39, 0.29) is 6.09 Å². The Balaban J connectivity index is 1.89. The Morgan fingerprint density at radius 2 is 1.83 bits per heavy atom. The van der Waals surface area contributed by atoms with Gasteiger partial charge >= 0.3 is 13.7 Å². The summed E-state index contributed by atoms with van der Waals surface area (Å²) in [4.78, 5) is 13.5. The van der Waals surface area contributed by atoms with E-state index in [1.54, 1.807) is 0 Å². The van der Waals surface area contributed by atoms with Crippen molar-refractivity contribution in [1.29, 1.82) is 0 Å². The van der Waals surface area contributed by atoms with Crippen molar-refractivity contribution in [2.75, 3.05) is 39.6 Å². The van der Waals surface area contributed by atoms with E-state index in [1.165, 1.54) is 7.11 Å². The number of hydrogen-bond acceptors (Lipinski definition) is 5. The standard InChI is InChI=1S/C16H30NO5P/c1-4-21-23(19,22-5-2)12-13-6-7-15-11-17(16(18)20-3)9-8-14(15)10-13/h13-15H,4-12H2,1-3H3. The third-order valence-corrected chi connectivity index (χ3v) is 7.31. The van der Waals surface area contributed by atoms with Crippen LogP contribution in [0.1, 0.15) is 39.5 Å². The van der Waals surface area contributed by atoms with Crippen LogP contribution in [0.3, 0.4) is 0 Å². The largest absolute Gasteiger partial charge is 0.453 e. The van der Waals surface area contributed by atoms with Gasteiger partial charge in [-0.2, -0.15) is 0 Å². The molecule has 2 aliphatic rings. The Morgan fingerprint density at radius 3 is 2.43 bits per heavy atom. The van der Waals surface area contributed by atoms with Crippen LogP contribution in [-0.4, -0.2) is 50.6 Å². The van der Waals surface area contributed by atoms with Crippen LogP contribution in [0.25, 0.3) is 0 Å². The van der Waals surface area contributed by atoms with Gasteiger partial charge in [-0.25, -0.2) is 4.79 Å². The first-order valence-electron chi connectivity index (χ1n) is 8.72. The Bertz CT molecular complexity index is 434. The van der Waals surface area contributed by atoms with Crippen LogP contribution in [-0.2, 0) is 18.3 Å². The molecule has 6 nitrogen and oxygen atoms in total. The van der Waals surface area contributed by atoms with Gasteiger partial charge in [0.1, 0.15) is 0 Å². The number of nitrogens with zero attached hydrogens (tertiary/aromatic N) is 1. The number of ether oxygens (including phenoxy) is 1. The minimum absolute atomic E-state index is 0.220. The molecule has 1 saturated heterocycles. The number of carbonyl (C=O) groups excluding carboxylic acids is 1. The lowest BCUT2D eigenvalue weighted by atomic mass is 9.71. The Labute approximate surface area is 139 Å². The van der Waals surface area contributed by atoms with Crippen molar-refractivity contribution in [2.45, 2.75) is 39.5 Å². The molecule has 0 aromatic carbocycles. The van der Waals surface area contributed by atoms with E-state index in [0.29, 0.717) is 37.1 Å². The molecule has 1 amide bonds. The fraction of sp³-hybridized carbons (Fsp3) is 0.938. The topological polar surface area (TPSA) is 65.1 Å². The SMILES string of the molecule is CCOP(=O)(CC1CCC2CN(C(=O)OC)CCC2C1)OCC. The molecule has 2 fully saturated rings. The van der Waals surface area contributed by atoms with Crippen molar-refractivity contribution in [3.8, 4) is 0 Å². The summed E-state index contributed by atoms with van der Waals surface area (Å²) in [6.45, 7) is 6.10. The second-order valence-corrected chi connectivity index (χ2v) is 8.64. The Morgan fingerprint density at radius 1 is 1.13 bits per heavy atom. The number of likely N-dealkylation sites (tertiary alicyclic amines) is 1. The normalized spacial score (nSPS) is 28.3. The molecule has 7 heteroatoms. The Kier molecular flexibility index (Phi) is 6.93. The van der Waals surface area contributed by atoms with Gasteiger partial charge in [0.15, 0.2) is 0 Å². The van der Waals surface area contributed by atoms with Crippen LogP contribution >= 0.6 is 7.60 Å². The average molecular weight is 347 g/mol. The summed E-state index contributed by atoms with van der Waals surface area (Å²) in [5.74, 6) is 1.54. The summed E-state index contributed by atoms with van der Waals surface area (Å²) in [6, 6.07) is 0. The van der Waals surface area contributed by atoms with E-state index in [1.807, 2.05) is 18.7 Å². The van der Waals surface area contributed by atoms with Crippen LogP contribution in [0.2, 0.25) is 0 Å². The zero-order valence-electron chi connectivity index (χ0n) is 14.5. The highest BCUT2D eigenvalue weighted by molar-refractivity contribution is 7.53. The maximum atomic E-state index is 12.7. The van der Waals surface area contributed by atoms with Crippen molar-refractivity contribution in [3.63, 3.8) is 0 Å². The average Bonchev–Trinajstić information content (AvgIpc) is 2.53. The quantitative estimate of drug-likeness (QED) is 0.685. The molecule has 0 bridgehead atoms. The first-order chi connectivity index (χ1) is 11.0. The second-order valence-electron chi connectivity index (χ2n) is 6.53. The summed E-state index contributed by atoms with van der Waals surface area (Å²) >= 11 is 0. The lowest BCUT2D eigenvalue weighted by Crippen LogP contribution is -2.46. The molecule has 0 N–H and O–H groups in total. The molecule has 1 aliphatic carbocycles. The van der Waals surface area contributed by atoms with Gasteiger partial charge in [-0.1, -0.05) is 0 Å². The van der Waals surface area contributed by atoms with Gasteiger partial charge in [0.05, 0.1) is 26.5 Å². The molecule has 0 aromatic heterocycles. The number of fused-ring (bicyclic) bond motifs is 1. The van der Waals surface area contributed by atoms with Crippen molar-refractivity contribution < 1.29 is 23.1 Å². The van der Waals surface area contributed by atoms with Gasteiger partial charge in [-0.3, -0.25) is 4.57 Å². The lowest BCUT2D eigenvalue weighted by molar-refractivity contribution is 0.0561. The van der Waals surface area contributed by atoms with Crippen molar-refractivity contribution in [3.05, 3.63) is 0 Å². The molecule has 1 heterocycles. The third kappa shape index (κ3) is 4.94. The van der Waals surface area contributed by atoms with E-state index in [2.05, 4.69) is 0 Å². The molecule has 3 unspecified atom stereocenters. The molecule has 1 aliphatic heterocycles. The van der Waals surface area contributed by atoms with Gasteiger partial charge in [-0.05, 0) is 57.3 Å². The molecule has 134 valence electrons. The smallest absolute Gasteiger partial charge is 0.409 e. The minimum atomic E-state index is -2.95. The van der Waals surface area contributed by atoms with Crippen LogP contribution < -0.4 is 0 Å². The number of carbonyl (C=O) groups is 1. The van der Waals surface area contributed by atoms with Gasteiger partial charge in [0.2, 0.25) is 0 Å². The molecule has 0 spiro atoms. The predicted octanol–water partition coefficient (Wildman–Crippen LogP) is 3.76. The van der Waals surface area contributed by atoms with Crippen LogP contribution in [0, 0.1) is 17.8 Å². The highest BCUT2D eigenvalue weighted by Crippen LogP contribution is 2.53. The molecule has 0 radical (unpaired) electrons. The van der Waals surface area contributed by atoms with Gasteiger partial charge < -0.3 is 18.7 Å². The van der Waals surface area contributed by atoms with E-state index in [9.17, 15) is 9.36 Å².